The van der Waals surface area contributed by atoms with Crippen LogP contribution in [0, 0.1) is 17.5 Å². The van der Waals surface area contributed by atoms with Gasteiger partial charge in [-0.3, -0.25) is 0 Å². The summed E-state index contributed by atoms with van der Waals surface area (Å²) >= 11 is 0. The van der Waals surface area contributed by atoms with Crippen molar-refractivity contribution in [3.05, 3.63) is 11.8 Å². The number of methoxy groups -OCH3 is 1. The lowest BCUT2D eigenvalue weighted by Gasteiger charge is -2.01. The Morgan fingerprint density at radius 1 is 1.57 bits per heavy atom. The van der Waals surface area contributed by atoms with Gasteiger partial charge >= 0.3 is 0 Å². The van der Waals surface area contributed by atoms with Gasteiger partial charge in [0.15, 0.2) is 0 Å². The summed E-state index contributed by atoms with van der Waals surface area (Å²) in [5.74, 6) is -0.0945. The lowest BCUT2D eigenvalue weighted by atomic mass is 10.4. The predicted octanol–water partition coefficient (Wildman–Crippen LogP) is -0.439. The summed E-state index contributed by atoms with van der Waals surface area (Å²) in [6, 6.07) is 1.72. The molecule has 0 aliphatic carbocycles. The van der Waals surface area contributed by atoms with Crippen LogP contribution in [0.5, 0.6) is 5.88 Å². The van der Waals surface area contributed by atoms with E-state index in [0.717, 1.165) is 6.26 Å². The summed E-state index contributed by atoms with van der Waals surface area (Å²) in [6.07, 6.45) is 3.19. The summed E-state index contributed by atoms with van der Waals surface area (Å²) in [4.78, 5) is 6.96. The average molecular weight is 212 g/mol. The molecular weight excluding hydrogens is 206 g/mol. The maximum absolute atomic E-state index is 11.0. The number of hydrogen-bond donors (Lipinski definition) is 0. The molecule has 0 aromatic carbocycles. The van der Waals surface area contributed by atoms with Crippen molar-refractivity contribution in [1.82, 2.24) is 9.97 Å². The highest BCUT2D eigenvalue weighted by atomic mass is 32.2. The summed E-state index contributed by atoms with van der Waals surface area (Å²) in [5.41, 5.74) is -0.0279. The lowest BCUT2D eigenvalue weighted by molar-refractivity contribution is 0.389. The van der Waals surface area contributed by atoms with E-state index in [9.17, 15) is 8.42 Å². The lowest BCUT2D eigenvalue weighted by Crippen LogP contribution is -2.06. The highest BCUT2D eigenvalue weighted by Crippen LogP contribution is 2.13. The molecule has 0 spiro atoms. The number of rotatable bonds is 2. The first-order valence-corrected chi connectivity index (χ1v) is 5.32. The molecule has 1 aromatic heterocycles. The van der Waals surface area contributed by atoms with Gasteiger partial charge in [-0.05, 0) is 0 Å². The van der Waals surface area contributed by atoms with Gasteiger partial charge in [-0.15, -0.1) is 0 Å². The van der Waals surface area contributed by atoms with Gasteiger partial charge in [0.2, 0.25) is 15.7 Å². The molecule has 0 saturated heterocycles. The van der Waals surface area contributed by atoms with Crippen molar-refractivity contribution in [1.29, 1.82) is 5.26 Å². The fourth-order valence-electron chi connectivity index (χ4n) is 0.706. The molecule has 0 bridgehead atoms. The van der Waals surface area contributed by atoms with E-state index in [-0.39, 0.29) is 11.4 Å². The molecule has 0 saturated carbocycles. The van der Waals surface area contributed by atoms with Crippen LogP contribution in [0.3, 0.4) is 0 Å². The predicted molar refractivity (Wildman–Crippen MR) is 45.2 cm³/mol. The van der Waals surface area contributed by atoms with Gasteiger partial charge in [0.25, 0.3) is 5.16 Å². The molecule has 7 heteroatoms. The molecule has 1 heterocycles. The van der Waals surface area contributed by atoms with E-state index in [0.29, 0.717) is 0 Å². The van der Waals surface area contributed by atoms with Crippen molar-refractivity contribution in [2.45, 2.75) is 5.16 Å². The molecule has 0 atom stereocenters. The molecule has 0 amide bonds. The molecule has 14 heavy (non-hydrogen) atoms. The van der Waals surface area contributed by atoms with Crippen LogP contribution in [0.25, 0.3) is 0 Å². The number of hydrogen-bond acceptors (Lipinski definition) is 6. The first-order valence-electron chi connectivity index (χ1n) is 3.43. The normalized spacial score (nSPS) is 10.6. The highest BCUT2D eigenvalue weighted by molar-refractivity contribution is 7.90. The van der Waals surface area contributed by atoms with Crippen LogP contribution in [0.15, 0.2) is 5.16 Å². The first-order chi connectivity index (χ1) is 6.49. The average Bonchev–Trinajstić information content (AvgIpc) is 2.15. The van der Waals surface area contributed by atoms with Crippen molar-refractivity contribution in [2.75, 3.05) is 13.4 Å². The zero-order valence-electron chi connectivity index (χ0n) is 7.47. The highest BCUT2D eigenvalue weighted by Gasteiger charge is 2.15. The molecule has 1 aromatic rings. The van der Waals surface area contributed by atoms with E-state index >= 15 is 0 Å². The Kier molecular flexibility index (Phi) is 2.67. The van der Waals surface area contributed by atoms with E-state index < -0.39 is 15.0 Å². The van der Waals surface area contributed by atoms with E-state index in [1.54, 1.807) is 6.07 Å². The second kappa shape index (κ2) is 3.59. The Hall–Kier alpha value is -1.68. The van der Waals surface area contributed by atoms with Crippen LogP contribution in [0.2, 0.25) is 0 Å². The molecule has 0 aliphatic rings. The Bertz CT molecular complexity index is 489. The summed E-state index contributed by atoms with van der Waals surface area (Å²) < 4.78 is 26.7. The van der Waals surface area contributed by atoms with Gasteiger partial charge in [0, 0.05) is 6.26 Å². The van der Waals surface area contributed by atoms with Crippen LogP contribution in [0.4, 0.5) is 0 Å². The van der Waals surface area contributed by atoms with E-state index in [4.69, 9.17) is 10.00 Å². The molecule has 1 radical (unpaired) electrons. The van der Waals surface area contributed by atoms with Gasteiger partial charge in [0.1, 0.15) is 17.8 Å². The zero-order valence-corrected chi connectivity index (χ0v) is 8.29. The van der Waals surface area contributed by atoms with E-state index in [1.165, 1.54) is 7.11 Å². The van der Waals surface area contributed by atoms with Crippen LogP contribution in [-0.4, -0.2) is 31.8 Å². The number of nitriles is 1. The molecule has 0 unspecified atom stereocenters. The maximum atomic E-state index is 11.0. The van der Waals surface area contributed by atoms with Crippen molar-refractivity contribution in [3.8, 4) is 11.9 Å². The largest absolute Gasteiger partial charge is 0.480 e. The zero-order chi connectivity index (χ0) is 10.8. The molecule has 1 rings (SSSR count). The maximum Gasteiger partial charge on any atom is 0.250 e. The smallest absolute Gasteiger partial charge is 0.250 e. The van der Waals surface area contributed by atoms with Crippen LogP contribution in [-0.2, 0) is 9.84 Å². The Morgan fingerprint density at radius 3 is 2.64 bits per heavy atom. The molecular formula is C7H6N3O3S. The monoisotopic (exact) mass is 212 g/mol. The SMILES string of the molecule is COc1nc(S(C)(=O)=O)n[c]c1C#N. The number of ether oxygens (including phenoxy) is 1. The van der Waals surface area contributed by atoms with Crippen molar-refractivity contribution >= 4 is 9.84 Å². The first kappa shape index (κ1) is 10.4. The molecule has 73 valence electrons. The minimum Gasteiger partial charge on any atom is -0.480 e. The molecule has 6 nitrogen and oxygen atoms in total. The Labute approximate surface area is 81.1 Å². The summed E-state index contributed by atoms with van der Waals surface area (Å²) in [6.45, 7) is 0. The van der Waals surface area contributed by atoms with Crippen molar-refractivity contribution in [2.24, 2.45) is 0 Å². The third-order valence-corrected chi connectivity index (χ3v) is 2.16. The number of aromatic nitrogens is 2. The second-order valence-electron chi connectivity index (χ2n) is 2.39. The number of nitrogens with zero attached hydrogens (tertiary/aromatic N) is 3. The molecule has 0 fully saturated rings. The van der Waals surface area contributed by atoms with Gasteiger partial charge in [-0.1, -0.05) is 0 Å². The fourth-order valence-corrected chi connectivity index (χ4v) is 1.17. The summed E-state index contributed by atoms with van der Waals surface area (Å²) in [5, 5.41) is 8.14. The van der Waals surface area contributed by atoms with Crippen molar-refractivity contribution in [3.63, 3.8) is 0 Å². The van der Waals surface area contributed by atoms with Gasteiger partial charge < -0.3 is 4.74 Å². The Morgan fingerprint density at radius 2 is 2.21 bits per heavy atom. The van der Waals surface area contributed by atoms with Gasteiger partial charge in [-0.2, -0.15) is 10.2 Å². The minimum absolute atomic E-state index is 0.0279. The van der Waals surface area contributed by atoms with Crippen molar-refractivity contribution < 1.29 is 13.2 Å². The molecule has 0 aliphatic heterocycles. The third-order valence-electron chi connectivity index (χ3n) is 1.31. The Balaban J connectivity index is 3.37. The van der Waals surface area contributed by atoms with E-state index in [2.05, 4.69) is 16.2 Å². The fraction of sp³-hybridized carbons (Fsp3) is 0.286. The van der Waals surface area contributed by atoms with Gasteiger partial charge in [-0.25, -0.2) is 13.4 Å². The quantitative estimate of drug-likeness (QED) is 0.617. The molecule has 0 N–H and O–H groups in total. The second-order valence-corrected chi connectivity index (χ2v) is 4.30. The van der Waals surface area contributed by atoms with E-state index in [1.807, 2.05) is 0 Å². The number of sulfone groups is 1. The van der Waals surface area contributed by atoms with Crippen LogP contribution < -0.4 is 4.74 Å². The topological polar surface area (TPSA) is 92.9 Å². The third kappa shape index (κ3) is 1.97. The van der Waals surface area contributed by atoms with Crippen LogP contribution in [0.1, 0.15) is 5.56 Å². The standard InChI is InChI=1S/C7H6N3O3S/c1-13-6-5(3-8)4-9-7(10-6)14(2,11)12/h1-2H3. The summed E-state index contributed by atoms with van der Waals surface area (Å²) in [7, 11) is -2.22. The van der Waals surface area contributed by atoms with Gasteiger partial charge in [0.05, 0.1) is 7.11 Å². The van der Waals surface area contributed by atoms with Crippen LogP contribution >= 0.6 is 0 Å². The minimum atomic E-state index is -3.50.